The minimum absolute atomic E-state index is 0.104. The Kier molecular flexibility index (Phi) is 7.17. The van der Waals surface area contributed by atoms with Crippen LogP contribution in [0.4, 0.5) is 4.79 Å². The highest BCUT2D eigenvalue weighted by Crippen LogP contribution is 2.38. The molecule has 0 aliphatic carbocycles. The molecule has 0 saturated carbocycles. The van der Waals surface area contributed by atoms with Gasteiger partial charge in [-0.3, -0.25) is 4.79 Å². The van der Waals surface area contributed by atoms with Gasteiger partial charge in [0.25, 0.3) is 0 Å². The van der Waals surface area contributed by atoms with Crippen LogP contribution in [0.15, 0.2) is 72.9 Å². The molecular formula is C29H31N5O4. The van der Waals surface area contributed by atoms with Crippen molar-refractivity contribution in [3.63, 3.8) is 0 Å². The maximum Gasteiger partial charge on any atom is 0.318 e. The molecular weight excluding hydrogens is 482 g/mol. The van der Waals surface area contributed by atoms with E-state index in [9.17, 15) is 9.59 Å². The lowest BCUT2D eigenvalue weighted by molar-refractivity contribution is -0.142. The monoisotopic (exact) mass is 513 g/mol. The first-order valence-corrected chi connectivity index (χ1v) is 12.7. The van der Waals surface area contributed by atoms with E-state index in [4.69, 9.17) is 14.6 Å². The van der Waals surface area contributed by atoms with Gasteiger partial charge in [-0.25, -0.2) is 9.48 Å². The number of carbonyl (C=O) groups is 2. The van der Waals surface area contributed by atoms with Crippen molar-refractivity contribution >= 4 is 12.0 Å². The molecule has 2 aromatic heterocycles. The molecule has 0 spiro atoms. The Balaban J connectivity index is 1.60. The van der Waals surface area contributed by atoms with E-state index in [-0.39, 0.29) is 25.0 Å². The van der Waals surface area contributed by atoms with Crippen molar-refractivity contribution in [3.8, 4) is 17.3 Å². The Morgan fingerprint density at radius 3 is 2.53 bits per heavy atom. The number of ether oxygens (including phenoxy) is 2. The van der Waals surface area contributed by atoms with Gasteiger partial charge in [-0.1, -0.05) is 30.3 Å². The van der Waals surface area contributed by atoms with Gasteiger partial charge in [-0.15, -0.1) is 0 Å². The first-order valence-electron chi connectivity index (χ1n) is 12.7. The highest BCUT2D eigenvalue weighted by Gasteiger charge is 2.36. The lowest BCUT2D eigenvalue weighted by Crippen LogP contribution is -2.42. The molecule has 3 heterocycles. The number of rotatable bonds is 7. The lowest BCUT2D eigenvalue weighted by atomic mass is 10.0. The number of para-hydroxylation sites is 1. The van der Waals surface area contributed by atoms with Crippen LogP contribution in [0, 0.1) is 6.92 Å². The number of fused-ring (bicyclic) bond motifs is 3. The Hall–Kier alpha value is -4.53. The van der Waals surface area contributed by atoms with Crippen molar-refractivity contribution in [1.29, 1.82) is 0 Å². The summed E-state index contributed by atoms with van der Waals surface area (Å²) >= 11 is 0. The molecule has 9 heteroatoms. The summed E-state index contributed by atoms with van der Waals surface area (Å²) in [6.45, 7) is 4.55. The molecule has 1 N–H and O–H groups in total. The van der Waals surface area contributed by atoms with E-state index in [0.29, 0.717) is 13.2 Å². The fourth-order valence-corrected chi connectivity index (χ4v) is 4.89. The molecule has 1 unspecified atom stereocenters. The van der Waals surface area contributed by atoms with Crippen LogP contribution in [-0.2, 0) is 16.1 Å². The summed E-state index contributed by atoms with van der Waals surface area (Å²) < 4.78 is 14.4. The number of urea groups is 1. The first kappa shape index (κ1) is 25.1. The molecule has 1 aliphatic heterocycles. The van der Waals surface area contributed by atoms with Crippen LogP contribution in [0.1, 0.15) is 41.9 Å². The van der Waals surface area contributed by atoms with Crippen LogP contribution in [0.2, 0.25) is 0 Å². The number of nitrogens with one attached hydrogen (secondary N) is 1. The van der Waals surface area contributed by atoms with Crippen molar-refractivity contribution in [2.45, 2.75) is 32.9 Å². The third kappa shape index (κ3) is 4.74. The lowest BCUT2D eigenvalue weighted by Gasteiger charge is -2.31. The van der Waals surface area contributed by atoms with Crippen molar-refractivity contribution in [1.82, 2.24) is 24.6 Å². The smallest absolute Gasteiger partial charge is 0.318 e. The standard InChI is InChI=1S/C29H31N5O4/c1-4-38-26(35)16-17-30-29(36)33-19-24-20(2)31-34(22-9-6-5-7-10-22)28(24)32-18-8-11-25(32)27(33)21-12-14-23(37-3)15-13-21/h5-15,18,27H,4,16-17,19H2,1-3H3,(H,30,36). The zero-order valence-corrected chi connectivity index (χ0v) is 21.8. The van der Waals surface area contributed by atoms with Gasteiger partial charge in [0, 0.05) is 18.3 Å². The normalized spacial score (nSPS) is 14.3. The van der Waals surface area contributed by atoms with Gasteiger partial charge in [-0.2, -0.15) is 5.10 Å². The number of benzene rings is 2. The summed E-state index contributed by atoms with van der Waals surface area (Å²) in [7, 11) is 1.63. The zero-order chi connectivity index (χ0) is 26.6. The maximum atomic E-state index is 13.7. The zero-order valence-electron chi connectivity index (χ0n) is 21.8. The third-order valence-corrected chi connectivity index (χ3v) is 6.69. The Morgan fingerprint density at radius 2 is 1.82 bits per heavy atom. The van der Waals surface area contributed by atoms with Crippen LogP contribution in [0.25, 0.3) is 11.5 Å². The predicted octanol–water partition coefficient (Wildman–Crippen LogP) is 4.55. The maximum absolute atomic E-state index is 13.7. The molecule has 0 radical (unpaired) electrons. The van der Waals surface area contributed by atoms with Crippen molar-refractivity contribution in [2.75, 3.05) is 20.3 Å². The largest absolute Gasteiger partial charge is 0.497 e. The number of amides is 2. The van der Waals surface area contributed by atoms with Gasteiger partial charge < -0.3 is 24.3 Å². The van der Waals surface area contributed by atoms with E-state index in [1.165, 1.54) is 0 Å². The van der Waals surface area contributed by atoms with Crippen molar-refractivity contribution in [2.24, 2.45) is 0 Å². The molecule has 196 valence electrons. The molecule has 5 rings (SSSR count). The second kappa shape index (κ2) is 10.8. The van der Waals surface area contributed by atoms with Gasteiger partial charge in [0.1, 0.15) is 11.6 Å². The van der Waals surface area contributed by atoms with Crippen LogP contribution in [-0.4, -0.2) is 51.5 Å². The van der Waals surface area contributed by atoms with E-state index in [0.717, 1.165) is 39.8 Å². The second-order valence-electron chi connectivity index (χ2n) is 9.03. The minimum Gasteiger partial charge on any atom is -0.497 e. The van der Waals surface area contributed by atoms with Gasteiger partial charge in [0.05, 0.1) is 49.8 Å². The average molecular weight is 514 g/mol. The van der Waals surface area contributed by atoms with Crippen LogP contribution < -0.4 is 10.1 Å². The van der Waals surface area contributed by atoms with Crippen LogP contribution >= 0.6 is 0 Å². The summed E-state index contributed by atoms with van der Waals surface area (Å²) in [5.74, 6) is 1.29. The molecule has 0 bridgehead atoms. The number of aromatic nitrogens is 3. The second-order valence-corrected chi connectivity index (χ2v) is 9.03. The Bertz CT molecular complexity index is 1430. The summed E-state index contributed by atoms with van der Waals surface area (Å²) in [6.07, 6.45) is 2.11. The predicted molar refractivity (Wildman–Crippen MR) is 143 cm³/mol. The van der Waals surface area contributed by atoms with Gasteiger partial charge in [-0.05, 0) is 55.8 Å². The highest BCUT2D eigenvalue weighted by molar-refractivity contribution is 5.77. The van der Waals surface area contributed by atoms with E-state index in [1.54, 1.807) is 18.9 Å². The molecule has 2 amide bonds. The van der Waals surface area contributed by atoms with Crippen molar-refractivity contribution in [3.05, 3.63) is 95.4 Å². The SMILES string of the molecule is CCOC(=O)CCNC(=O)N1Cc2c(C)nn(-c3ccccc3)c2-n2cccc2C1c1ccc(OC)cc1. The average Bonchev–Trinajstić information content (AvgIpc) is 3.50. The summed E-state index contributed by atoms with van der Waals surface area (Å²) in [5, 5.41) is 7.79. The number of hydrogen-bond acceptors (Lipinski definition) is 5. The van der Waals surface area contributed by atoms with Gasteiger partial charge >= 0.3 is 12.0 Å². The van der Waals surface area contributed by atoms with E-state index in [2.05, 4.69) is 9.88 Å². The summed E-state index contributed by atoms with van der Waals surface area (Å²) in [4.78, 5) is 27.4. The summed E-state index contributed by atoms with van der Waals surface area (Å²) in [5.41, 5.74) is 4.58. The van der Waals surface area contributed by atoms with E-state index >= 15 is 0 Å². The minimum atomic E-state index is -0.394. The number of esters is 1. The molecule has 38 heavy (non-hydrogen) atoms. The number of aryl methyl sites for hydroxylation is 1. The Labute approximate surface area is 221 Å². The molecule has 4 aromatic rings. The fourth-order valence-electron chi connectivity index (χ4n) is 4.89. The highest BCUT2D eigenvalue weighted by atomic mass is 16.5. The van der Waals surface area contributed by atoms with E-state index in [1.807, 2.05) is 84.5 Å². The van der Waals surface area contributed by atoms with Gasteiger partial charge in [0.15, 0.2) is 0 Å². The first-order chi connectivity index (χ1) is 18.5. The number of hydrogen-bond donors (Lipinski definition) is 1. The fraction of sp³-hybridized carbons (Fsp3) is 0.276. The van der Waals surface area contributed by atoms with Crippen LogP contribution in [0.3, 0.4) is 0 Å². The van der Waals surface area contributed by atoms with Crippen molar-refractivity contribution < 1.29 is 19.1 Å². The molecule has 0 saturated heterocycles. The molecule has 9 nitrogen and oxygen atoms in total. The topological polar surface area (TPSA) is 90.6 Å². The Morgan fingerprint density at radius 1 is 1.05 bits per heavy atom. The molecule has 1 aliphatic rings. The molecule has 0 fully saturated rings. The number of methoxy groups -OCH3 is 1. The van der Waals surface area contributed by atoms with Crippen LogP contribution in [0.5, 0.6) is 5.75 Å². The number of carbonyl (C=O) groups excluding carboxylic acids is 2. The quantitative estimate of drug-likeness (QED) is 0.366. The molecule has 1 atom stereocenters. The third-order valence-electron chi connectivity index (χ3n) is 6.69. The van der Waals surface area contributed by atoms with Gasteiger partial charge in [0.2, 0.25) is 0 Å². The van der Waals surface area contributed by atoms with E-state index < -0.39 is 6.04 Å². The number of nitrogens with zero attached hydrogens (tertiary/aromatic N) is 4. The summed E-state index contributed by atoms with van der Waals surface area (Å²) in [6, 6.07) is 21.1. The molecule has 2 aromatic carbocycles.